The molecule has 8 nitrogen and oxygen atoms in total. The minimum absolute atomic E-state index is 0.00143. The molecule has 1 aliphatic rings. The number of carbonyl (C=O) groups excluding carboxylic acids is 1. The fraction of sp³-hybridized carbons (Fsp3) is 0.278. The number of nitrogens with one attached hydrogen (secondary N) is 1. The van der Waals surface area contributed by atoms with E-state index >= 15 is 0 Å². The largest absolute Gasteiger partial charge is 0.459 e. The number of pyridine rings is 2. The van der Waals surface area contributed by atoms with E-state index in [0.29, 0.717) is 5.56 Å². The Balaban J connectivity index is 1.97. The Morgan fingerprint density at radius 2 is 2.14 bits per heavy atom. The number of ether oxygens (including phenoxy) is 1. The van der Waals surface area contributed by atoms with Crippen molar-refractivity contribution in [2.24, 2.45) is 10.7 Å². The van der Waals surface area contributed by atoms with Gasteiger partial charge in [0.25, 0.3) is 11.9 Å². The lowest BCUT2D eigenvalue weighted by Crippen LogP contribution is -2.51. The standard InChI is InChI=1S/C18H15F3N6O2/c1-9-5-10(6-22)7-24-13(9)15(28)26-12-4-3-11(19)14(25-12)17(2)18(20,21)8-29-16(23)27-17/h3-5,7H,8H2,1-2H3,(H2,23,27)(H,25,26,28). The van der Waals surface area contributed by atoms with E-state index in [1.54, 1.807) is 6.92 Å². The second-order valence-electron chi connectivity index (χ2n) is 6.50. The summed E-state index contributed by atoms with van der Waals surface area (Å²) in [5.74, 6) is -5.54. The number of aliphatic imine (C=N–C) groups is 1. The summed E-state index contributed by atoms with van der Waals surface area (Å²) in [5, 5.41) is 11.2. The van der Waals surface area contributed by atoms with E-state index in [1.807, 2.05) is 6.07 Å². The van der Waals surface area contributed by atoms with Gasteiger partial charge in [-0.25, -0.2) is 19.4 Å². The van der Waals surface area contributed by atoms with E-state index in [0.717, 1.165) is 19.1 Å². The summed E-state index contributed by atoms with van der Waals surface area (Å²) in [6.45, 7) is 1.46. The zero-order chi connectivity index (χ0) is 21.4. The number of hydrogen-bond donors (Lipinski definition) is 2. The highest BCUT2D eigenvalue weighted by atomic mass is 19.3. The Labute approximate surface area is 163 Å². The number of nitriles is 1. The highest BCUT2D eigenvalue weighted by Gasteiger charge is 2.57. The van der Waals surface area contributed by atoms with Crippen LogP contribution < -0.4 is 11.1 Å². The Morgan fingerprint density at radius 1 is 1.41 bits per heavy atom. The number of amidine groups is 1. The van der Waals surface area contributed by atoms with Crippen molar-refractivity contribution in [1.29, 1.82) is 5.26 Å². The zero-order valence-corrected chi connectivity index (χ0v) is 15.3. The second kappa shape index (κ2) is 7.05. The predicted molar refractivity (Wildman–Crippen MR) is 95.7 cm³/mol. The first-order valence-electron chi connectivity index (χ1n) is 8.28. The Bertz CT molecular complexity index is 1070. The van der Waals surface area contributed by atoms with Gasteiger partial charge in [0.15, 0.2) is 12.1 Å². The van der Waals surface area contributed by atoms with E-state index in [-0.39, 0.29) is 17.1 Å². The number of nitrogens with two attached hydrogens (primary N) is 1. The van der Waals surface area contributed by atoms with Crippen LogP contribution in [0.4, 0.5) is 19.0 Å². The van der Waals surface area contributed by atoms with Crippen LogP contribution in [0.5, 0.6) is 0 Å². The van der Waals surface area contributed by atoms with Crippen LogP contribution >= 0.6 is 0 Å². The fourth-order valence-corrected chi connectivity index (χ4v) is 2.77. The molecule has 29 heavy (non-hydrogen) atoms. The Morgan fingerprint density at radius 3 is 2.79 bits per heavy atom. The van der Waals surface area contributed by atoms with Crippen LogP contribution in [0.2, 0.25) is 0 Å². The number of nitrogens with zero attached hydrogens (tertiary/aromatic N) is 4. The number of amides is 1. The quantitative estimate of drug-likeness (QED) is 0.808. The van der Waals surface area contributed by atoms with Gasteiger partial charge in [-0.1, -0.05) is 0 Å². The molecule has 0 aromatic carbocycles. The first-order chi connectivity index (χ1) is 13.6. The van der Waals surface area contributed by atoms with Crippen molar-refractivity contribution in [3.8, 4) is 6.07 Å². The van der Waals surface area contributed by atoms with Crippen molar-refractivity contribution in [1.82, 2.24) is 9.97 Å². The summed E-state index contributed by atoms with van der Waals surface area (Å²) in [5.41, 5.74) is 2.96. The van der Waals surface area contributed by atoms with Crippen LogP contribution in [-0.2, 0) is 10.3 Å². The molecule has 2 aromatic heterocycles. The lowest BCUT2D eigenvalue weighted by molar-refractivity contribution is -0.118. The number of aryl methyl sites for hydroxylation is 1. The van der Waals surface area contributed by atoms with Crippen molar-refractivity contribution >= 4 is 17.7 Å². The zero-order valence-electron chi connectivity index (χ0n) is 15.3. The van der Waals surface area contributed by atoms with Gasteiger partial charge < -0.3 is 15.8 Å². The number of carbonyl (C=O) groups is 1. The number of alkyl halides is 2. The minimum atomic E-state index is -3.60. The molecule has 0 aliphatic carbocycles. The van der Waals surface area contributed by atoms with Crippen molar-refractivity contribution < 1.29 is 22.7 Å². The normalized spacial score (nSPS) is 20.2. The van der Waals surface area contributed by atoms with Gasteiger partial charge in [-0.15, -0.1) is 0 Å². The molecular formula is C18H15F3N6O2. The van der Waals surface area contributed by atoms with Gasteiger partial charge in [0.2, 0.25) is 0 Å². The number of aromatic nitrogens is 2. The minimum Gasteiger partial charge on any atom is -0.459 e. The van der Waals surface area contributed by atoms with E-state index in [9.17, 15) is 18.0 Å². The molecular weight excluding hydrogens is 389 g/mol. The molecule has 1 amide bonds. The number of rotatable bonds is 3. The monoisotopic (exact) mass is 404 g/mol. The van der Waals surface area contributed by atoms with Gasteiger partial charge in [-0.2, -0.15) is 14.0 Å². The summed E-state index contributed by atoms with van der Waals surface area (Å²) in [6.07, 6.45) is 1.21. The summed E-state index contributed by atoms with van der Waals surface area (Å²) in [4.78, 5) is 23.8. The van der Waals surface area contributed by atoms with Crippen molar-refractivity contribution in [2.75, 3.05) is 11.9 Å². The third kappa shape index (κ3) is 3.56. The average molecular weight is 404 g/mol. The molecule has 3 heterocycles. The molecule has 1 unspecified atom stereocenters. The van der Waals surface area contributed by atoms with Gasteiger partial charge >= 0.3 is 5.92 Å². The Kier molecular flexibility index (Phi) is 4.88. The van der Waals surface area contributed by atoms with E-state index in [4.69, 9.17) is 11.0 Å². The maximum absolute atomic E-state index is 14.5. The molecule has 0 saturated heterocycles. The molecule has 0 spiro atoms. The molecule has 3 rings (SSSR count). The summed E-state index contributed by atoms with van der Waals surface area (Å²) in [6, 6.07) is 4.84. The molecule has 150 valence electrons. The van der Waals surface area contributed by atoms with Crippen molar-refractivity contribution in [3.05, 3.63) is 52.7 Å². The van der Waals surface area contributed by atoms with Gasteiger partial charge in [-0.05, 0) is 37.6 Å². The van der Waals surface area contributed by atoms with Crippen LogP contribution in [0.3, 0.4) is 0 Å². The molecule has 0 radical (unpaired) electrons. The fourth-order valence-electron chi connectivity index (χ4n) is 2.77. The van der Waals surface area contributed by atoms with Gasteiger partial charge in [0.1, 0.15) is 29.1 Å². The number of hydrogen-bond acceptors (Lipinski definition) is 7. The van der Waals surface area contributed by atoms with Gasteiger partial charge in [0.05, 0.1) is 5.56 Å². The molecule has 3 N–H and O–H groups in total. The van der Waals surface area contributed by atoms with E-state index in [2.05, 4.69) is 25.0 Å². The van der Waals surface area contributed by atoms with E-state index in [1.165, 1.54) is 12.3 Å². The second-order valence-corrected chi connectivity index (χ2v) is 6.50. The first-order valence-corrected chi connectivity index (χ1v) is 8.28. The molecule has 1 aliphatic heterocycles. The number of halogens is 3. The smallest absolute Gasteiger partial charge is 0.311 e. The van der Waals surface area contributed by atoms with E-state index < -0.39 is 41.5 Å². The van der Waals surface area contributed by atoms with Gasteiger partial charge in [0, 0.05) is 6.20 Å². The van der Waals surface area contributed by atoms with Crippen LogP contribution in [0.25, 0.3) is 0 Å². The Hall–Kier alpha value is -3.68. The van der Waals surface area contributed by atoms with Crippen LogP contribution in [0.15, 0.2) is 29.4 Å². The SMILES string of the molecule is Cc1cc(C#N)cnc1C(=O)Nc1ccc(F)c(C2(C)N=C(N)OCC2(F)F)n1. The van der Waals surface area contributed by atoms with Crippen LogP contribution in [-0.4, -0.2) is 34.4 Å². The van der Waals surface area contributed by atoms with Crippen molar-refractivity contribution in [2.45, 2.75) is 25.3 Å². The summed E-state index contributed by atoms with van der Waals surface area (Å²) >= 11 is 0. The van der Waals surface area contributed by atoms with Gasteiger partial charge in [-0.3, -0.25) is 4.79 Å². The average Bonchev–Trinajstić information content (AvgIpc) is 2.66. The molecule has 0 fully saturated rings. The number of anilines is 1. The lowest BCUT2D eigenvalue weighted by Gasteiger charge is -2.36. The maximum Gasteiger partial charge on any atom is 0.311 e. The predicted octanol–water partition coefficient (Wildman–Crippen LogP) is 2.24. The lowest BCUT2D eigenvalue weighted by atomic mass is 9.89. The third-order valence-electron chi connectivity index (χ3n) is 4.42. The summed E-state index contributed by atoms with van der Waals surface area (Å²) < 4.78 is 47.9. The summed E-state index contributed by atoms with van der Waals surface area (Å²) in [7, 11) is 0. The van der Waals surface area contributed by atoms with Crippen molar-refractivity contribution in [3.63, 3.8) is 0 Å². The molecule has 2 aromatic rings. The molecule has 0 saturated carbocycles. The highest BCUT2D eigenvalue weighted by Crippen LogP contribution is 2.43. The molecule has 11 heteroatoms. The topological polar surface area (TPSA) is 126 Å². The third-order valence-corrected chi connectivity index (χ3v) is 4.42. The van der Waals surface area contributed by atoms with Crippen LogP contribution in [0, 0.1) is 24.1 Å². The highest BCUT2D eigenvalue weighted by molar-refractivity contribution is 6.03. The molecule has 0 bridgehead atoms. The first kappa shape index (κ1) is 20.1. The van der Waals surface area contributed by atoms with Crippen LogP contribution in [0.1, 0.15) is 34.2 Å². The molecule has 1 atom stereocenters. The maximum atomic E-state index is 14.5.